The number of ether oxygens (including phenoxy) is 1. The highest BCUT2D eigenvalue weighted by molar-refractivity contribution is 8.04. The molecule has 3 rings (SSSR count). The SMILES string of the molecule is C[C@@H](O)[C@H]1C(=O)N2C(C(=O)O)=C(COC(=O)c3cccnc3)S[C@H]12. The third kappa shape index (κ3) is 2.65. The minimum atomic E-state index is -1.27. The molecule has 3 atom stereocenters. The lowest BCUT2D eigenvalue weighted by Gasteiger charge is -2.43. The minimum absolute atomic E-state index is 0.189. The number of β-lactam (4-membered cyclic amide) rings is 1. The zero-order valence-electron chi connectivity index (χ0n) is 12.6. The molecule has 0 unspecified atom stereocenters. The molecule has 0 bridgehead atoms. The molecule has 2 aliphatic rings. The number of pyridine rings is 1. The van der Waals surface area contributed by atoms with Crippen molar-refractivity contribution in [3.8, 4) is 0 Å². The van der Waals surface area contributed by atoms with Crippen molar-refractivity contribution in [3.63, 3.8) is 0 Å². The molecular formula is C15H14N2O6S. The summed E-state index contributed by atoms with van der Waals surface area (Å²) in [6.45, 7) is 1.23. The Bertz CT molecular complexity index is 733. The Balaban J connectivity index is 1.74. The maximum atomic E-state index is 12.0. The molecule has 0 aliphatic carbocycles. The number of amides is 1. The topological polar surface area (TPSA) is 117 Å². The fourth-order valence-electron chi connectivity index (χ4n) is 2.65. The number of carboxylic acids is 1. The zero-order chi connectivity index (χ0) is 17.4. The van der Waals surface area contributed by atoms with Crippen LogP contribution in [0.15, 0.2) is 35.1 Å². The fourth-order valence-corrected chi connectivity index (χ4v) is 4.17. The van der Waals surface area contributed by atoms with E-state index in [2.05, 4.69) is 4.98 Å². The number of fused-ring (bicyclic) bond motifs is 1. The number of carbonyl (C=O) groups is 3. The van der Waals surface area contributed by atoms with Crippen LogP contribution in [0.2, 0.25) is 0 Å². The van der Waals surface area contributed by atoms with Crippen molar-refractivity contribution in [3.05, 3.63) is 40.7 Å². The van der Waals surface area contributed by atoms with Gasteiger partial charge in [-0.2, -0.15) is 0 Å². The van der Waals surface area contributed by atoms with Gasteiger partial charge in [0.2, 0.25) is 5.91 Å². The molecule has 1 fully saturated rings. The summed E-state index contributed by atoms with van der Waals surface area (Å²) in [6.07, 6.45) is 1.98. The van der Waals surface area contributed by atoms with Gasteiger partial charge in [0.25, 0.3) is 0 Å². The average molecular weight is 350 g/mol. The van der Waals surface area contributed by atoms with Crippen LogP contribution in [0.5, 0.6) is 0 Å². The summed E-state index contributed by atoms with van der Waals surface area (Å²) in [5, 5.41) is 18.5. The summed E-state index contributed by atoms with van der Waals surface area (Å²) in [7, 11) is 0. The van der Waals surface area contributed by atoms with Crippen molar-refractivity contribution in [2.24, 2.45) is 5.92 Å². The van der Waals surface area contributed by atoms with Crippen LogP contribution >= 0.6 is 11.8 Å². The Morgan fingerprint density at radius 1 is 1.50 bits per heavy atom. The second kappa shape index (κ2) is 6.25. The van der Waals surface area contributed by atoms with Crippen LogP contribution in [0.3, 0.4) is 0 Å². The highest BCUT2D eigenvalue weighted by atomic mass is 32.2. The summed E-state index contributed by atoms with van der Waals surface area (Å²) >= 11 is 1.13. The van der Waals surface area contributed by atoms with Crippen molar-refractivity contribution in [1.29, 1.82) is 0 Å². The van der Waals surface area contributed by atoms with E-state index in [1.54, 1.807) is 6.07 Å². The van der Waals surface area contributed by atoms with E-state index in [4.69, 9.17) is 4.74 Å². The minimum Gasteiger partial charge on any atom is -0.477 e. The fraction of sp³-hybridized carbons (Fsp3) is 0.333. The number of rotatable bonds is 5. The number of nitrogens with zero attached hydrogens (tertiary/aromatic N) is 2. The zero-order valence-corrected chi connectivity index (χ0v) is 13.4. The Kier molecular flexibility index (Phi) is 4.29. The number of hydrogen-bond acceptors (Lipinski definition) is 7. The highest BCUT2D eigenvalue weighted by Crippen LogP contribution is 2.50. The van der Waals surface area contributed by atoms with E-state index in [0.717, 1.165) is 16.7 Å². The number of aliphatic carboxylic acids is 1. The first kappa shape index (κ1) is 16.5. The maximum Gasteiger partial charge on any atom is 0.353 e. The summed E-state index contributed by atoms with van der Waals surface area (Å²) in [4.78, 5) is 40.7. The number of carbonyl (C=O) groups excluding carboxylic acids is 2. The summed E-state index contributed by atoms with van der Waals surface area (Å²) < 4.78 is 5.13. The van der Waals surface area contributed by atoms with Crippen LogP contribution in [-0.4, -0.2) is 56.0 Å². The molecule has 9 heteroatoms. The largest absolute Gasteiger partial charge is 0.477 e. The molecule has 0 spiro atoms. The lowest BCUT2D eigenvalue weighted by molar-refractivity contribution is -0.156. The van der Waals surface area contributed by atoms with Gasteiger partial charge in [-0.05, 0) is 19.1 Å². The second-order valence-corrected chi connectivity index (χ2v) is 6.59. The Morgan fingerprint density at radius 3 is 2.83 bits per heavy atom. The van der Waals surface area contributed by atoms with Crippen molar-refractivity contribution >= 4 is 29.6 Å². The number of thioether (sulfide) groups is 1. The number of hydrogen-bond donors (Lipinski definition) is 2. The van der Waals surface area contributed by atoms with Crippen molar-refractivity contribution in [1.82, 2.24) is 9.88 Å². The molecule has 1 saturated heterocycles. The summed E-state index contributed by atoms with van der Waals surface area (Å²) in [5.41, 5.74) is 0.0603. The van der Waals surface area contributed by atoms with E-state index < -0.39 is 35.2 Å². The first-order chi connectivity index (χ1) is 11.4. The van der Waals surface area contributed by atoms with Gasteiger partial charge in [0.05, 0.1) is 22.5 Å². The molecule has 0 radical (unpaired) electrons. The molecule has 2 N–H and O–H groups in total. The first-order valence-electron chi connectivity index (χ1n) is 7.13. The van der Waals surface area contributed by atoms with Crippen LogP contribution in [0, 0.1) is 5.92 Å². The van der Waals surface area contributed by atoms with Gasteiger partial charge in [-0.25, -0.2) is 9.59 Å². The number of aromatic nitrogens is 1. The number of aliphatic hydroxyl groups excluding tert-OH is 1. The van der Waals surface area contributed by atoms with Gasteiger partial charge in [-0.3, -0.25) is 14.7 Å². The molecule has 24 heavy (non-hydrogen) atoms. The summed E-state index contributed by atoms with van der Waals surface area (Å²) in [5.74, 6) is -2.99. The molecule has 3 heterocycles. The van der Waals surface area contributed by atoms with E-state index in [1.807, 2.05) is 0 Å². The normalized spacial score (nSPS) is 23.6. The Labute approximate surface area is 141 Å². The predicted molar refractivity (Wildman–Crippen MR) is 82.6 cm³/mol. The van der Waals surface area contributed by atoms with Gasteiger partial charge < -0.3 is 14.9 Å². The molecule has 126 valence electrons. The van der Waals surface area contributed by atoms with Crippen LogP contribution in [0.25, 0.3) is 0 Å². The lowest BCUT2D eigenvalue weighted by Crippen LogP contribution is -2.60. The number of aliphatic hydroxyl groups is 1. The van der Waals surface area contributed by atoms with Crippen LogP contribution in [-0.2, 0) is 14.3 Å². The van der Waals surface area contributed by atoms with Crippen molar-refractivity contribution < 1.29 is 29.3 Å². The van der Waals surface area contributed by atoms with Crippen LogP contribution in [0.1, 0.15) is 17.3 Å². The molecule has 1 amide bonds. The molecule has 0 aromatic carbocycles. The van der Waals surface area contributed by atoms with Crippen LogP contribution < -0.4 is 0 Å². The van der Waals surface area contributed by atoms with Gasteiger partial charge in [0, 0.05) is 12.4 Å². The van der Waals surface area contributed by atoms with Gasteiger partial charge in [-0.1, -0.05) is 11.8 Å². The summed E-state index contributed by atoms with van der Waals surface area (Å²) in [6, 6.07) is 3.12. The Morgan fingerprint density at radius 2 is 2.25 bits per heavy atom. The highest BCUT2D eigenvalue weighted by Gasteiger charge is 2.57. The Hall–Kier alpha value is -2.39. The van der Waals surface area contributed by atoms with Crippen molar-refractivity contribution in [2.75, 3.05) is 6.61 Å². The molecule has 2 aliphatic heterocycles. The predicted octanol–water partition coefficient (Wildman–Crippen LogP) is 0.447. The quantitative estimate of drug-likeness (QED) is 0.580. The third-order valence-electron chi connectivity index (χ3n) is 3.81. The molecule has 8 nitrogen and oxygen atoms in total. The van der Waals surface area contributed by atoms with Crippen molar-refractivity contribution in [2.45, 2.75) is 18.4 Å². The van der Waals surface area contributed by atoms with Gasteiger partial charge in [0.1, 0.15) is 17.7 Å². The molecular weight excluding hydrogens is 336 g/mol. The monoisotopic (exact) mass is 350 g/mol. The van der Waals surface area contributed by atoms with E-state index >= 15 is 0 Å². The standard InChI is InChI=1S/C15H14N2O6S/c1-7(18)10-12(19)17-11(14(20)21)9(24-13(10)17)6-23-15(22)8-3-2-4-16-5-8/h2-5,7,10,13,18H,6H2,1H3,(H,20,21)/t7-,10+,13-/m1/s1. The van der Waals surface area contributed by atoms with E-state index in [0.29, 0.717) is 0 Å². The lowest BCUT2D eigenvalue weighted by atomic mass is 9.92. The smallest absolute Gasteiger partial charge is 0.353 e. The van der Waals surface area contributed by atoms with Crippen LogP contribution in [0.4, 0.5) is 0 Å². The number of esters is 1. The second-order valence-electron chi connectivity index (χ2n) is 5.38. The van der Waals surface area contributed by atoms with Gasteiger partial charge >= 0.3 is 11.9 Å². The maximum absolute atomic E-state index is 12.0. The number of carboxylic acid groups (broad SMARTS) is 1. The van der Waals surface area contributed by atoms with E-state index in [-0.39, 0.29) is 22.8 Å². The van der Waals surface area contributed by atoms with Gasteiger partial charge in [-0.15, -0.1) is 0 Å². The molecule has 1 aromatic rings. The molecule has 1 aromatic heterocycles. The van der Waals surface area contributed by atoms with E-state index in [1.165, 1.54) is 25.4 Å². The first-order valence-corrected chi connectivity index (χ1v) is 8.01. The van der Waals surface area contributed by atoms with Gasteiger partial charge in [0.15, 0.2) is 0 Å². The third-order valence-corrected chi connectivity index (χ3v) is 5.15. The van der Waals surface area contributed by atoms with E-state index in [9.17, 15) is 24.6 Å². The average Bonchev–Trinajstić information content (AvgIpc) is 2.87. The molecule has 0 saturated carbocycles.